The Kier molecular flexibility index (Phi) is 5.75. The Morgan fingerprint density at radius 2 is 2.10 bits per heavy atom. The summed E-state index contributed by atoms with van der Waals surface area (Å²) in [5.41, 5.74) is 5.43. The van der Waals surface area contributed by atoms with Gasteiger partial charge in [0.2, 0.25) is 5.91 Å². The van der Waals surface area contributed by atoms with Gasteiger partial charge in [-0.2, -0.15) is 0 Å². The van der Waals surface area contributed by atoms with E-state index in [9.17, 15) is 9.59 Å². The highest BCUT2D eigenvalue weighted by molar-refractivity contribution is 5.96. The van der Waals surface area contributed by atoms with Gasteiger partial charge in [0.05, 0.1) is 12.6 Å². The minimum atomic E-state index is -0.269. The zero-order chi connectivity index (χ0) is 14.4. The van der Waals surface area contributed by atoms with Crippen LogP contribution in [-0.2, 0) is 9.53 Å². The number of nitrogens with zero attached hydrogens (tertiary/aromatic N) is 2. The number of rotatable bonds is 6. The number of imide groups is 1. The molecule has 0 aromatic rings. The maximum Gasteiger partial charge on any atom is 0.324 e. The Balaban J connectivity index is 1.66. The fourth-order valence-corrected chi connectivity index (χ4v) is 2.55. The number of urea groups is 1. The quantitative estimate of drug-likeness (QED) is 0.634. The lowest BCUT2D eigenvalue weighted by Crippen LogP contribution is -2.45. The SMILES string of the molecule is NCCCOC1CCN(CC(=O)N2CCNC2=O)CC1. The van der Waals surface area contributed by atoms with Gasteiger partial charge in [-0.15, -0.1) is 0 Å². The summed E-state index contributed by atoms with van der Waals surface area (Å²) in [4.78, 5) is 26.8. The average molecular weight is 284 g/mol. The molecule has 0 aromatic carbocycles. The van der Waals surface area contributed by atoms with E-state index < -0.39 is 0 Å². The molecule has 2 aliphatic rings. The van der Waals surface area contributed by atoms with Crippen molar-refractivity contribution in [1.82, 2.24) is 15.1 Å². The molecule has 0 spiro atoms. The number of carbonyl (C=O) groups is 2. The summed E-state index contributed by atoms with van der Waals surface area (Å²) in [6.07, 6.45) is 3.04. The number of hydrogen-bond donors (Lipinski definition) is 2. The molecule has 0 unspecified atom stereocenters. The van der Waals surface area contributed by atoms with Crippen LogP contribution in [0.2, 0.25) is 0 Å². The summed E-state index contributed by atoms with van der Waals surface area (Å²) in [7, 11) is 0. The maximum atomic E-state index is 12.0. The lowest BCUT2D eigenvalue weighted by molar-refractivity contribution is -0.129. The molecule has 0 atom stereocenters. The van der Waals surface area contributed by atoms with Gasteiger partial charge in [-0.05, 0) is 25.8 Å². The fourth-order valence-electron chi connectivity index (χ4n) is 2.55. The van der Waals surface area contributed by atoms with E-state index in [2.05, 4.69) is 10.2 Å². The number of ether oxygens (including phenoxy) is 1. The van der Waals surface area contributed by atoms with Crippen LogP contribution < -0.4 is 11.1 Å². The number of carbonyl (C=O) groups excluding carboxylic acids is 2. The van der Waals surface area contributed by atoms with Gasteiger partial charge in [0.25, 0.3) is 0 Å². The topological polar surface area (TPSA) is 87.9 Å². The predicted octanol–water partition coefficient (Wildman–Crippen LogP) is -0.632. The van der Waals surface area contributed by atoms with E-state index in [0.29, 0.717) is 32.8 Å². The highest BCUT2D eigenvalue weighted by Crippen LogP contribution is 2.14. The lowest BCUT2D eigenvalue weighted by atomic mass is 10.1. The Morgan fingerprint density at radius 3 is 2.70 bits per heavy atom. The van der Waals surface area contributed by atoms with Gasteiger partial charge < -0.3 is 15.8 Å². The molecular formula is C13H24N4O3. The van der Waals surface area contributed by atoms with Crippen LogP contribution in [0.25, 0.3) is 0 Å². The van der Waals surface area contributed by atoms with Crippen LogP contribution in [0.3, 0.4) is 0 Å². The summed E-state index contributed by atoms with van der Waals surface area (Å²) < 4.78 is 5.73. The molecule has 7 nitrogen and oxygen atoms in total. The predicted molar refractivity (Wildman–Crippen MR) is 74.2 cm³/mol. The first kappa shape index (κ1) is 15.2. The molecule has 0 bridgehead atoms. The molecule has 20 heavy (non-hydrogen) atoms. The number of nitrogens with one attached hydrogen (secondary N) is 1. The van der Waals surface area contributed by atoms with Crippen molar-refractivity contribution in [3.8, 4) is 0 Å². The van der Waals surface area contributed by atoms with Crippen molar-refractivity contribution in [3.05, 3.63) is 0 Å². The lowest BCUT2D eigenvalue weighted by Gasteiger charge is -2.32. The highest BCUT2D eigenvalue weighted by Gasteiger charge is 2.28. The van der Waals surface area contributed by atoms with Gasteiger partial charge in [0.15, 0.2) is 0 Å². The molecule has 2 rings (SSSR count). The Hall–Kier alpha value is -1.18. The van der Waals surface area contributed by atoms with Crippen molar-refractivity contribution in [2.24, 2.45) is 5.73 Å². The normalized spacial score (nSPS) is 21.2. The van der Waals surface area contributed by atoms with Crippen LogP contribution >= 0.6 is 0 Å². The van der Waals surface area contributed by atoms with Crippen molar-refractivity contribution >= 4 is 11.9 Å². The molecule has 2 fully saturated rings. The third kappa shape index (κ3) is 4.16. The van der Waals surface area contributed by atoms with Gasteiger partial charge in [-0.3, -0.25) is 14.6 Å². The second kappa shape index (κ2) is 7.56. The van der Waals surface area contributed by atoms with E-state index >= 15 is 0 Å². The average Bonchev–Trinajstić information content (AvgIpc) is 2.87. The number of piperidine rings is 1. The Labute approximate surface area is 119 Å². The summed E-state index contributed by atoms with van der Waals surface area (Å²) in [6.45, 7) is 4.42. The molecule has 0 aliphatic carbocycles. The smallest absolute Gasteiger partial charge is 0.324 e. The third-order valence-electron chi connectivity index (χ3n) is 3.75. The van der Waals surface area contributed by atoms with E-state index in [-0.39, 0.29) is 18.0 Å². The molecule has 0 saturated carbocycles. The van der Waals surface area contributed by atoms with Crippen molar-refractivity contribution in [2.75, 3.05) is 45.9 Å². The molecular weight excluding hydrogens is 260 g/mol. The summed E-state index contributed by atoms with van der Waals surface area (Å²) in [6, 6.07) is -0.269. The van der Waals surface area contributed by atoms with Gasteiger partial charge in [0.1, 0.15) is 0 Å². The van der Waals surface area contributed by atoms with E-state index in [1.165, 1.54) is 4.90 Å². The van der Waals surface area contributed by atoms with Gasteiger partial charge >= 0.3 is 6.03 Å². The van der Waals surface area contributed by atoms with Crippen LogP contribution in [0.1, 0.15) is 19.3 Å². The Bertz CT molecular complexity index is 343. The van der Waals surface area contributed by atoms with Crippen molar-refractivity contribution in [3.63, 3.8) is 0 Å². The first-order valence-corrected chi connectivity index (χ1v) is 7.33. The first-order chi connectivity index (χ1) is 9.70. The molecule has 0 radical (unpaired) electrons. The standard InChI is InChI=1S/C13H24N4O3/c14-4-1-9-20-11-2-6-16(7-3-11)10-12(18)17-8-5-15-13(17)19/h11H,1-10,14H2,(H,15,19). The van der Waals surface area contributed by atoms with Gasteiger partial charge in [-0.25, -0.2) is 4.79 Å². The molecule has 0 aromatic heterocycles. The van der Waals surface area contributed by atoms with Crippen molar-refractivity contribution < 1.29 is 14.3 Å². The number of likely N-dealkylation sites (tertiary alicyclic amines) is 1. The fraction of sp³-hybridized carbons (Fsp3) is 0.846. The number of hydrogen-bond acceptors (Lipinski definition) is 5. The van der Waals surface area contributed by atoms with E-state index in [1.54, 1.807) is 0 Å². The number of amides is 3. The van der Waals surface area contributed by atoms with Gasteiger partial charge in [0, 0.05) is 32.8 Å². The van der Waals surface area contributed by atoms with E-state index in [0.717, 1.165) is 32.4 Å². The van der Waals surface area contributed by atoms with Crippen molar-refractivity contribution in [1.29, 1.82) is 0 Å². The molecule has 3 N–H and O–H groups in total. The van der Waals surface area contributed by atoms with Crippen LogP contribution in [0.5, 0.6) is 0 Å². The third-order valence-corrected chi connectivity index (χ3v) is 3.75. The molecule has 2 heterocycles. The van der Waals surface area contributed by atoms with Gasteiger partial charge in [-0.1, -0.05) is 0 Å². The molecule has 2 saturated heterocycles. The largest absolute Gasteiger partial charge is 0.378 e. The molecule has 7 heteroatoms. The van der Waals surface area contributed by atoms with Crippen LogP contribution in [0, 0.1) is 0 Å². The number of nitrogens with two attached hydrogens (primary N) is 1. The van der Waals surface area contributed by atoms with Crippen LogP contribution in [0.15, 0.2) is 0 Å². The van der Waals surface area contributed by atoms with Crippen molar-refractivity contribution in [2.45, 2.75) is 25.4 Å². The first-order valence-electron chi connectivity index (χ1n) is 7.33. The van der Waals surface area contributed by atoms with E-state index in [4.69, 9.17) is 10.5 Å². The summed E-state index contributed by atoms with van der Waals surface area (Å²) in [5, 5.41) is 2.64. The minimum Gasteiger partial charge on any atom is -0.378 e. The van der Waals surface area contributed by atoms with Crippen LogP contribution in [-0.4, -0.2) is 73.7 Å². The monoisotopic (exact) mass is 284 g/mol. The second-order valence-corrected chi connectivity index (χ2v) is 5.27. The zero-order valence-corrected chi connectivity index (χ0v) is 11.8. The summed E-state index contributed by atoms with van der Waals surface area (Å²) >= 11 is 0. The molecule has 3 amide bonds. The van der Waals surface area contributed by atoms with Crippen LogP contribution in [0.4, 0.5) is 4.79 Å². The summed E-state index contributed by atoms with van der Waals surface area (Å²) in [5.74, 6) is -0.109. The Morgan fingerprint density at radius 1 is 1.35 bits per heavy atom. The highest BCUT2D eigenvalue weighted by atomic mass is 16.5. The maximum absolute atomic E-state index is 12.0. The zero-order valence-electron chi connectivity index (χ0n) is 11.8. The second-order valence-electron chi connectivity index (χ2n) is 5.27. The molecule has 114 valence electrons. The minimum absolute atomic E-state index is 0.109. The molecule has 2 aliphatic heterocycles. The van der Waals surface area contributed by atoms with E-state index in [1.807, 2.05) is 0 Å².